The molecule has 0 aromatic heterocycles. The highest BCUT2D eigenvalue weighted by molar-refractivity contribution is 6.06. The minimum atomic E-state index is -0.191. The highest BCUT2D eigenvalue weighted by Gasteiger charge is 2.17. The van der Waals surface area contributed by atoms with Gasteiger partial charge in [0.2, 0.25) is 0 Å². The summed E-state index contributed by atoms with van der Waals surface area (Å²) in [6, 6.07) is 34.5. The van der Waals surface area contributed by atoms with Crippen LogP contribution in [-0.4, -0.2) is 42.9 Å². The first kappa shape index (κ1) is 24.3. The first-order chi connectivity index (χ1) is 18.1. The van der Waals surface area contributed by atoms with Crippen LogP contribution in [0.1, 0.15) is 26.3 Å². The van der Waals surface area contributed by atoms with Crippen molar-refractivity contribution < 1.29 is 9.59 Å². The molecule has 186 valence electrons. The van der Waals surface area contributed by atoms with Gasteiger partial charge in [0, 0.05) is 60.9 Å². The molecule has 0 spiro atoms. The Morgan fingerprint density at radius 1 is 0.568 bits per heavy atom. The van der Waals surface area contributed by atoms with Crippen LogP contribution >= 0.6 is 0 Å². The molecule has 2 amide bonds. The summed E-state index contributed by atoms with van der Waals surface area (Å²) in [4.78, 5) is 29.9. The fourth-order valence-corrected chi connectivity index (χ4v) is 4.46. The fourth-order valence-electron chi connectivity index (χ4n) is 4.46. The second kappa shape index (κ2) is 11.5. The summed E-state index contributed by atoms with van der Waals surface area (Å²) < 4.78 is 0. The molecule has 37 heavy (non-hydrogen) atoms. The van der Waals surface area contributed by atoms with Gasteiger partial charge in [0.25, 0.3) is 11.8 Å². The van der Waals surface area contributed by atoms with Crippen molar-refractivity contribution in [1.82, 2.24) is 4.90 Å². The first-order valence-corrected chi connectivity index (χ1v) is 12.5. The molecular weight excluding hydrogens is 460 g/mol. The topological polar surface area (TPSA) is 64.7 Å². The Morgan fingerprint density at radius 3 is 1.62 bits per heavy atom. The maximum absolute atomic E-state index is 12.7. The van der Waals surface area contributed by atoms with Gasteiger partial charge in [-0.3, -0.25) is 14.5 Å². The third kappa shape index (κ3) is 6.42. The molecule has 1 aliphatic heterocycles. The smallest absolute Gasteiger partial charge is 0.255 e. The molecule has 0 atom stereocenters. The molecule has 6 heteroatoms. The van der Waals surface area contributed by atoms with Gasteiger partial charge in [-0.15, -0.1) is 0 Å². The predicted molar refractivity (Wildman–Crippen MR) is 149 cm³/mol. The van der Waals surface area contributed by atoms with Crippen LogP contribution in [0.15, 0.2) is 109 Å². The average Bonchev–Trinajstić information content (AvgIpc) is 2.95. The van der Waals surface area contributed by atoms with E-state index in [1.165, 1.54) is 5.56 Å². The van der Waals surface area contributed by atoms with Gasteiger partial charge in [-0.2, -0.15) is 0 Å². The minimum absolute atomic E-state index is 0.185. The van der Waals surface area contributed by atoms with Crippen LogP contribution in [0.2, 0.25) is 0 Å². The SMILES string of the molecule is O=C(Nc1ccc(C(=O)Nc2ccc(N3CCN(Cc4ccccc4)CC3)cc2)cc1)c1ccccc1. The number of nitrogens with zero attached hydrogens (tertiary/aromatic N) is 2. The molecule has 1 saturated heterocycles. The van der Waals surface area contributed by atoms with Gasteiger partial charge in [0.05, 0.1) is 0 Å². The number of anilines is 3. The Bertz CT molecular complexity index is 1320. The molecule has 0 bridgehead atoms. The zero-order valence-electron chi connectivity index (χ0n) is 20.6. The Kier molecular flexibility index (Phi) is 7.58. The van der Waals surface area contributed by atoms with Gasteiger partial charge in [0.15, 0.2) is 0 Å². The van der Waals surface area contributed by atoms with Gasteiger partial charge in [-0.05, 0) is 66.2 Å². The van der Waals surface area contributed by atoms with E-state index in [1.807, 2.05) is 30.3 Å². The summed E-state index contributed by atoms with van der Waals surface area (Å²) in [6.07, 6.45) is 0. The number of carbonyl (C=O) groups excluding carboxylic acids is 2. The molecule has 6 nitrogen and oxygen atoms in total. The lowest BCUT2D eigenvalue weighted by molar-refractivity contribution is 0.102. The number of rotatable bonds is 7. The molecule has 0 radical (unpaired) electrons. The van der Waals surface area contributed by atoms with Crippen LogP contribution in [0, 0.1) is 0 Å². The van der Waals surface area contributed by atoms with Crippen molar-refractivity contribution in [3.8, 4) is 0 Å². The van der Waals surface area contributed by atoms with E-state index in [0.717, 1.165) is 44.1 Å². The van der Waals surface area contributed by atoms with Crippen molar-refractivity contribution in [3.63, 3.8) is 0 Å². The molecular formula is C31H30N4O2. The molecule has 2 N–H and O–H groups in total. The highest BCUT2D eigenvalue weighted by atomic mass is 16.2. The summed E-state index contributed by atoms with van der Waals surface area (Å²) >= 11 is 0. The molecule has 1 heterocycles. The van der Waals surface area contributed by atoms with Gasteiger partial charge in [0.1, 0.15) is 0 Å². The zero-order valence-corrected chi connectivity index (χ0v) is 20.6. The van der Waals surface area contributed by atoms with E-state index in [-0.39, 0.29) is 11.8 Å². The second-order valence-corrected chi connectivity index (χ2v) is 9.15. The Hall–Kier alpha value is -4.42. The predicted octanol–water partition coefficient (Wildman–Crippen LogP) is 5.51. The summed E-state index contributed by atoms with van der Waals surface area (Å²) in [5.41, 5.74) is 5.01. The first-order valence-electron chi connectivity index (χ1n) is 12.5. The van der Waals surface area contributed by atoms with Gasteiger partial charge in [-0.25, -0.2) is 0 Å². The number of benzene rings is 4. The third-order valence-corrected chi connectivity index (χ3v) is 6.55. The summed E-state index contributed by atoms with van der Waals surface area (Å²) in [6.45, 7) is 4.99. The van der Waals surface area contributed by atoms with Crippen molar-refractivity contribution in [1.29, 1.82) is 0 Å². The van der Waals surface area contributed by atoms with E-state index in [4.69, 9.17) is 0 Å². The van der Waals surface area contributed by atoms with Crippen LogP contribution in [0.25, 0.3) is 0 Å². The fraction of sp³-hybridized carbons (Fsp3) is 0.161. The van der Waals surface area contributed by atoms with Crippen LogP contribution in [-0.2, 0) is 6.54 Å². The largest absolute Gasteiger partial charge is 0.369 e. The number of hydrogen-bond acceptors (Lipinski definition) is 4. The standard InChI is InChI=1S/C31H30N4O2/c36-30(25-9-5-2-6-10-25)32-27-13-11-26(12-14-27)31(37)33-28-15-17-29(18-16-28)35-21-19-34(20-22-35)23-24-7-3-1-4-8-24/h1-18H,19-23H2,(H,32,36)(H,33,37). The molecule has 0 saturated carbocycles. The number of piperazine rings is 1. The van der Waals surface area contributed by atoms with E-state index in [0.29, 0.717) is 16.8 Å². The van der Waals surface area contributed by atoms with E-state index < -0.39 is 0 Å². The number of hydrogen-bond donors (Lipinski definition) is 2. The zero-order chi connectivity index (χ0) is 25.5. The Balaban J connectivity index is 1.11. The Morgan fingerprint density at radius 2 is 1.05 bits per heavy atom. The van der Waals surface area contributed by atoms with E-state index >= 15 is 0 Å². The lowest BCUT2D eigenvalue weighted by Crippen LogP contribution is -2.45. The van der Waals surface area contributed by atoms with Crippen molar-refractivity contribution in [2.24, 2.45) is 0 Å². The summed E-state index contributed by atoms with van der Waals surface area (Å²) in [5, 5.41) is 5.80. The maximum atomic E-state index is 12.7. The highest BCUT2D eigenvalue weighted by Crippen LogP contribution is 2.21. The van der Waals surface area contributed by atoms with Crippen molar-refractivity contribution in [2.45, 2.75) is 6.54 Å². The second-order valence-electron chi connectivity index (χ2n) is 9.15. The van der Waals surface area contributed by atoms with Crippen LogP contribution in [0.3, 0.4) is 0 Å². The van der Waals surface area contributed by atoms with Gasteiger partial charge < -0.3 is 15.5 Å². The molecule has 0 aliphatic carbocycles. The lowest BCUT2D eigenvalue weighted by atomic mass is 10.1. The number of carbonyl (C=O) groups is 2. The molecule has 0 unspecified atom stereocenters. The van der Waals surface area contributed by atoms with Crippen molar-refractivity contribution >= 4 is 28.9 Å². The van der Waals surface area contributed by atoms with Crippen LogP contribution in [0.4, 0.5) is 17.1 Å². The van der Waals surface area contributed by atoms with Crippen LogP contribution in [0.5, 0.6) is 0 Å². The molecule has 4 aromatic carbocycles. The van der Waals surface area contributed by atoms with Crippen molar-refractivity contribution in [2.75, 3.05) is 41.7 Å². The van der Waals surface area contributed by atoms with Crippen LogP contribution < -0.4 is 15.5 Å². The molecule has 1 aliphatic rings. The Labute approximate surface area is 217 Å². The van der Waals surface area contributed by atoms with Gasteiger partial charge in [-0.1, -0.05) is 48.5 Å². The monoisotopic (exact) mass is 490 g/mol. The number of nitrogens with one attached hydrogen (secondary N) is 2. The molecule has 5 rings (SSSR count). The molecule has 4 aromatic rings. The summed E-state index contributed by atoms with van der Waals surface area (Å²) in [5.74, 6) is -0.376. The van der Waals surface area contributed by atoms with Gasteiger partial charge >= 0.3 is 0 Å². The maximum Gasteiger partial charge on any atom is 0.255 e. The quantitative estimate of drug-likeness (QED) is 0.358. The normalized spacial score (nSPS) is 13.7. The van der Waals surface area contributed by atoms with Crippen molar-refractivity contribution in [3.05, 3.63) is 126 Å². The van der Waals surface area contributed by atoms with E-state index in [2.05, 4.69) is 62.9 Å². The minimum Gasteiger partial charge on any atom is -0.369 e. The summed E-state index contributed by atoms with van der Waals surface area (Å²) in [7, 11) is 0. The molecule has 1 fully saturated rings. The lowest BCUT2D eigenvalue weighted by Gasteiger charge is -2.36. The van der Waals surface area contributed by atoms with E-state index in [1.54, 1.807) is 36.4 Å². The third-order valence-electron chi connectivity index (χ3n) is 6.55. The van der Waals surface area contributed by atoms with E-state index in [9.17, 15) is 9.59 Å². The number of amides is 2. The average molecular weight is 491 g/mol.